The van der Waals surface area contributed by atoms with Gasteiger partial charge in [-0.05, 0) is 25.0 Å². The van der Waals surface area contributed by atoms with Crippen molar-refractivity contribution in [2.45, 2.75) is 18.9 Å². The number of likely N-dealkylation sites (tertiary alicyclic amines) is 1. The second-order valence-corrected chi connectivity index (χ2v) is 4.24. The summed E-state index contributed by atoms with van der Waals surface area (Å²) in [6.45, 7) is 0.379. The third kappa shape index (κ3) is 1.97. The molecule has 18 heavy (non-hydrogen) atoms. The van der Waals surface area contributed by atoms with E-state index in [2.05, 4.69) is 0 Å². The van der Waals surface area contributed by atoms with E-state index in [0.29, 0.717) is 19.4 Å². The van der Waals surface area contributed by atoms with Gasteiger partial charge in [-0.3, -0.25) is 4.79 Å². The fraction of sp³-hybridized carbons (Fsp3) is 0.333. The standard InChI is InChI=1S/C12H14N2O4/c13-8-4-1-3-7(10(8)15)11(16)14-6-2-5-9(14)12(17)18/h1,3-4,9,15H,2,5-6,13H2,(H,17,18)/t9-/m1/s1. The van der Waals surface area contributed by atoms with E-state index in [0.717, 1.165) is 0 Å². The zero-order valence-electron chi connectivity index (χ0n) is 9.67. The molecule has 0 spiro atoms. The molecule has 0 bridgehead atoms. The minimum absolute atomic E-state index is 0.0446. The van der Waals surface area contributed by atoms with Gasteiger partial charge in [0.1, 0.15) is 6.04 Å². The molecule has 1 heterocycles. The van der Waals surface area contributed by atoms with E-state index >= 15 is 0 Å². The molecule has 0 saturated carbocycles. The number of aliphatic carboxylic acids is 1. The Bertz CT molecular complexity index is 501. The normalized spacial score (nSPS) is 18.9. The summed E-state index contributed by atoms with van der Waals surface area (Å²) in [6.07, 6.45) is 1.08. The van der Waals surface area contributed by atoms with Crippen molar-refractivity contribution in [2.75, 3.05) is 12.3 Å². The summed E-state index contributed by atoms with van der Waals surface area (Å²) >= 11 is 0. The van der Waals surface area contributed by atoms with Gasteiger partial charge in [0.05, 0.1) is 11.3 Å². The van der Waals surface area contributed by atoms with Crippen molar-refractivity contribution in [2.24, 2.45) is 0 Å². The maximum atomic E-state index is 12.2. The number of carbonyl (C=O) groups is 2. The van der Waals surface area contributed by atoms with Crippen molar-refractivity contribution >= 4 is 17.6 Å². The van der Waals surface area contributed by atoms with E-state index in [4.69, 9.17) is 10.8 Å². The van der Waals surface area contributed by atoms with Crippen molar-refractivity contribution < 1.29 is 19.8 Å². The van der Waals surface area contributed by atoms with Crippen molar-refractivity contribution in [3.8, 4) is 5.75 Å². The lowest BCUT2D eigenvalue weighted by atomic mass is 10.1. The summed E-state index contributed by atoms with van der Waals surface area (Å²) in [5, 5.41) is 18.8. The highest BCUT2D eigenvalue weighted by Gasteiger charge is 2.35. The summed E-state index contributed by atoms with van der Waals surface area (Å²) in [5.41, 5.74) is 5.66. The highest BCUT2D eigenvalue weighted by Crippen LogP contribution is 2.28. The highest BCUT2D eigenvalue weighted by molar-refractivity contribution is 6.00. The zero-order chi connectivity index (χ0) is 13.3. The lowest BCUT2D eigenvalue weighted by Crippen LogP contribution is -2.40. The van der Waals surface area contributed by atoms with Gasteiger partial charge in [-0.25, -0.2) is 4.79 Å². The average molecular weight is 250 g/mol. The Morgan fingerprint density at radius 1 is 1.39 bits per heavy atom. The maximum absolute atomic E-state index is 12.2. The number of hydrogen-bond donors (Lipinski definition) is 3. The van der Waals surface area contributed by atoms with E-state index in [1.165, 1.54) is 17.0 Å². The number of phenolic OH excluding ortho intramolecular Hbond substituents is 1. The van der Waals surface area contributed by atoms with Crippen LogP contribution < -0.4 is 5.73 Å². The molecule has 6 nitrogen and oxygen atoms in total. The Hall–Kier alpha value is -2.24. The molecule has 1 atom stereocenters. The molecule has 2 rings (SSSR count). The molecule has 0 unspecified atom stereocenters. The van der Waals surface area contributed by atoms with E-state index in [9.17, 15) is 14.7 Å². The maximum Gasteiger partial charge on any atom is 0.326 e. The molecular formula is C12H14N2O4. The second-order valence-electron chi connectivity index (χ2n) is 4.24. The summed E-state index contributed by atoms with van der Waals surface area (Å²) < 4.78 is 0. The molecule has 1 amide bonds. The quantitative estimate of drug-likeness (QED) is 0.528. The van der Waals surface area contributed by atoms with Gasteiger partial charge in [-0.1, -0.05) is 6.07 Å². The third-order valence-electron chi connectivity index (χ3n) is 3.10. The van der Waals surface area contributed by atoms with Crippen molar-refractivity contribution in [1.29, 1.82) is 0 Å². The summed E-state index contributed by atoms with van der Waals surface area (Å²) in [7, 11) is 0. The van der Waals surface area contributed by atoms with Crippen LogP contribution in [-0.4, -0.2) is 39.6 Å². The van der Waals surface area contributed by atoms with Gasteiger partial charge < -0.3 is 20.8 Å². The van der Waals surface area contributed by atoms with Crippen molar-refractivity contribution in [3.05, 3.63) is 23.8 Å². The van der Waals surface area contributed by atoms with Gasteiger partial charge in [0.15, 0.2) is 5.75 Å². The topological polar surface area (TPSA) is 104 Å². The van der Waals surface area contributed by atoms with Gasteiger partial charge in [0.25, 0.3) is 5.91 Å². The van der Waals surface area contributed by atoms with E-state index in [1.807, 2.05) is 0 Å². The number of nitrogens with two attached hydrogens (primary N) is 1. The Labute approximate surface area is 104 Å². The van der Waals surface area contributed by atoms with E-state index < -0.39 is 17.9 Å². The second kappa shape index (κ2) is 4.56. The van der Waals surface area contributed by atoms with Crippen LogP contribution in [0.4, 0.5) is 5.69 Å². The molecule has 1 aliphatic heterocycles. The Balaban J connectivity index is 2.31. The third-order valence-corrected chi connectivity index (χ3v) is 3.10. The number of benzene rings is 1. The van der Waals surface area contributed by atoms with Crippen LogP contribution in [0, 0.1) is 0 Å². The number of carboxylic acids is 1. The first kappa shape index (κ1) is 12.2. The number of carbonyl (C=O) groups excluding carboxylic acids is 1. The van der Waals surface area contributed by atoms with Gasteiger partial charge in [-0.15, -0.1) is 0 Å². The van der Waals surface area contributed by atoms with E-state index in [1.54, 1.807) is 6.07 Å². The predicted octanol–water partition coefficient (Wildman–Crippen LogP) is 0.664. The first-order valence-electron chi connectivity index (χ1n) is 5.63. The predicted molar refractivity (Wildman–Crippen MR) is 64.2 cm³/mol. The largest absolute Gasteiger partial charge is 0.505 e. The van der Waals surface area contributed by atoms with Gasteiger partial charge in [0.2, 0.25) is 0 Å². The highest BCUT2D eigenvalue weighted by atomic mass is 16.4. The number of para-hydroxylation sites is 1. The van der Waals surface area contributed by atoms with Crippen LogP contribution in [0.1, 0.15) is 23.2 Å². The molecule has 0 aliphatic carbocycles. The molecule has 1 aromatic carbocycles. The molecular weight excluding hydrogens is 236 g/mol. The number of hydrogen-bond acceptors (Lipinski definition) is 4. The lowest BCUT2D eigenvalue weighted by Gasteiger charge is -2.22. The van der Waals surface area contributed by atoms with Crippen LogP contribution in [0.2, 0.25) is 0 Å². The number of anilines is 1. The molecule has 0 radical (unpaired) electrons. The van der Waals surface area contributed by atoms with Crippen LogP contribution in [0.3, 0.4) is 0 Å². The fourth-order valence-electron chi connectivity index (χ4n) is 2.16. The summed E-state index contributed by atoms with van der Waals surface area (Å²) in [4.78, 5) is 24.5. The number of nitrogen functional groups attached to an aromatic ring is 1. The van der Waals surface area contributed by atoms with Crippen LogP contribution in [0.25, 0.3) is 0 Å². The first-order chi connectivity index (χ1) is 8.52. The number of phenols is 1. The molecule has 1 fully saturated rings. The summed E-state index contributed by atoms with van der Waals surface area (Å²) in [5.74, 6) is -1.81. The van der Waals surface area contributed by atoms with Crippen LogP contribution >= 0.6 is 0 Å². The lowest BCUT2D eigenvalue weighted by molar-refractivity contribution is -0.141. The molecule has 4 N–H and O–H groups in total. The number of nitrogens with zero attached hydrogens (tertiary/aromatic N) is 1. The Kier molecular flexibility index (Phi) is 3.10. The minimum Gasteiger partial charge on any atom is -0.505 e. The van der Waals surface area contributed by atoms with Crippen LogP contribution in [0.5, 0.6) is 5.75 Å². The van der Waals surface area contributed by atoms with Gasteiger partial charge in [0, 0.05) is 6.54 Å². The van der Waals surface area contributed by atoms with Crippen LogP contribution in [-0.2, 0) is 4.79 Å². The monoisotopic (exact) mass is 250 g/mol. The first-order valence-corrected chi connectivity index (χ1v) is 5.63. The zero-order valence-corrected chi connectivity index (χ0v) is 9.67. The van der Waals surface area contributed by atoms with Gasteiger partial charge in [-0.2, -0.15) is 0 Å². The number of carboxylic acid groups (broad SMARTS) is 1. The SMILES string of the molecule is Nc1cccc(C(=O)N2CCC[C@@H]2C(=O)O)c1O. The number of amides is 1. The Morgan fingerprint density at radius 3 is 2.78 bits per heavy atom. The van der Waals surface area contributed by atoms with Crippen molar-refractivity contribution in [1.82, 2.24) is 4.90 Å². The minimum atomic E-state index is -1.02. The van der Waals surface area contributed by atoms with Gasteiger partial charge >= 0.3 is 5.97 Å². The summed E-state index contributed by atoms with van der Waals surface area (Å²) in [6, 6.07) is 3.64. The molecule has 6 heteroatoms. The average Bonchev–Trinajstić information content (AvgIpc) is 2.81. The molecule has 0 aromatic heterocycles. The molecule has 1 aliphatic rings. The van der Waals surface area contributed by atoms with Crippen molar-refractivity contribution in [3.63, 3.8) is 0 Å². The van der Waals surface area contributed by atoms with E-state index in [-0.39, 0.29) is 17.0 Å². The smallest absolute Gasteiger partial charge is 0.326 e. The molecule has 1 aromatic rings. The molecule has 96 valence electrons. The number of rotatable bonds is 2. The van der Waals surface area contributed by atoms with Crippen LogP contribution in [0.15, 0.2) is 18.2 Å². The molecule has 1 saturated heterocycles. The Morgan fingerprint density at radius 2 is 2.11 bits per heavy atom. The number of aromatic hydroxyl groups is 1. The fourth-order valence-corrected chi connectivity index (χ4v) is 2.16.